The van der Waals surface area contributed by atoms with E-state index < -0.39 is 0 Å². The van der Waals surface area contributed by atoms with Crippen molar-refractivity contribution in [1.82, 2.24) is 4.90 Å². The van der Waals surface area contributed by atoms with Gasteiger partial charge >= 0.3 is 0 Å². The highest BCUT2D eigenvalue weighted by atomic mass is 15.1. The van der Waals surface area contributed by atoms with Crippen LogP contribution in [0.4, 0.5) is 5.69 Å². The van der Waals surface area contributed by atoms with Gasteiger partial charge in [-0.05, 0) is 63.2 Å². The van der Waals surface area contributed by atoms with E-state index in [9.17, 15) is 0 Å². The number of likely N-dealkylation sites (tertiary alicyclic amines) is 1. The number of nitrogens with zero attached hydrogens (tertiary/aromatic N) is 1. The van der Waals surface area contributed by atoms with Gasteiger partial charge in [0.25, 0.3) is 0 Å². The van der Waals surface area contributed by atoms with E-state index in [0.29, 0.717) is 0 Å². The maximum absolute atomic E-state index is 5.96. The number of aryl methyl sites for hydroxylation is 1. The van der Waals surface area contributed by atoms with Crippen molar-refractivity contribution in [2.75, 3.05) is 25.9 Å². The summed E-state index contributed by atoms with van der Waals surface area (Å²) < 4.78 is 0. The van der Waals surface area contributed by atoms with Crippen molar-refractivity contribution in [2.24, 2.45) is 5.92 Å². The average molecular weight is 246 g/mol. The molecular formula is C16H26N2. The minimum Gasteiger partial charge on any atom is -0.399 e. The van der Waals surface area contributed by atoms with Gasteiger partial charge in [-0.2, -0.15) is 0 Å². The van der Waals surface area contributed by atoms with Gasteiger partial charge in [0.2, 0.25) is 0 Å². The molecule has 1 atom stereocenters. The molecule has 0 saturated carbocycles. The van der Waals surface area contributed by atoms with E-state index in [0.717, 1.165) is 18.0 Å². The third-order valence-corrected chi connectivity index (χ3v) is 4.09. The number of benzene rings is 1. The highest BCUT2D eigenvalue weighted by Gasteiger charge is 2.16. The van der Waals surface area contributed by atoms with Gasteiger partial charge in [-0.3, -0.25) is 0 Å². The van der Waals surface area contributed by atoms with Gasteiger partial charge in [0, 0.05) is 12.2 Å². The summed E-state index contributed by atoms with van der Waals surface area (Å²) in [4.78, 5) is 2.48. The number of hydrogen-bond donors (Lipinski definition) is 1. The first-order valence-corrected chi connectivity index (χ1v) is 7.27. The molecule has 1 heterocycles. The summed E-state index contributed by atoms with van der Waals surface area (Å²) in [7, 11) is 2.25. The highest BCUT2D eigenvalue weighted by Crippen LogP contribution is 2.22. The third-order valence-electron chi connectivity index (χ3n) is 4.09. The molecule has 0 aromatic heterocycles. The van der Waals surface area contributed by atoms with Gasteiger partial charge in [0.1, 0.15) is 0 Å². The van der Waals surface area contributed by atoms with Crippen LogP contribution in [0.5, 0.6) is 0 Å². The predicted octanol–water partition coefficient (Wildman–Crippen LogP) is 3.32. The normalized spacial score (nSPS) is 21.1. The maximum atomic E-state index is 5.96. The van der Waals surface area contributed by atoms with E-state index >= 15 is 0 Å². The number of para-hydroxylation sites is 1. The summed E-state index contributed by atoms with van der Waals surface area (Å²) in [6.07, 6.45) is 7.94. The number of nitrogen functional groups attached to an aromatic ring is 1. The molecule has 0 bridgehead atoms. The van der Waals surface area contributed by atoms with E-state index in [2.05, 4.69) is 24.1 Å². The third kappa shape index (κ3) is 4.02. The number of hydrogen-bond acceptors (Lipinski definition) is 2. The summed E-state index contributed by atoms with van der Waals surface area (Å²) in [5, 5.41) is 0. The largest absolute Gasteiger partial charge is 0.399 e. The van der Waals surface area contributed by atoms with Crippen LogP contribution < -0.4 is 5.73 Å². The topological polar surface area (TPSA) is 29.3 Å². The minimum absolute atomic E-state index is 0.928. The summed E-state index contributed by atoms with van der Waals surface area (Å²) >= 11 is 0. The van der Waals surface area contributed by atoms with E-state index in [-0.39, 0.29) is 0 Å². The van der Waals surface area contributed by atoms with Crippen molar-refractivity contribution in [3.8, 4) is 0 Å². The van der Waals surface area contributed by atoms with Gasteiger partial charge in [0.05, 0.1) is 0 Å². The van der Waals surface area contributed by atoms with E-state index in [1.165, 1.54) is 50.8 Å². The molecule has 1 saturated heterocycles. The van der Waals surface area contributed by atoms with Crippen LogP contribution in [-0.2, 0) is 6.42 Å². The van der Waals surface area contributed by atoms with Crippen molar-refractivity contribution in [3.63, 3.8) is 0 Å². The Hall–Kier alpha value is -1.02. The summed E-state index contributed by atoms with van der Waals surface area (Å²) in [5.74, 6) is 0.928. The Bertz CT molecular complexity index is 362. The molecule has 2 rings (SSSR count). The van der Waals surface area contributed by atoms with Crippen LogP contribution >= 0.6 is 0 Å². The molecule has 1 aliphatic heterocycles. The summed E-state index contributed by atoms with van der Waals surface area (Å²) in [6.45, 7) is 2.59. The Morgan fingerprint density at radius 1 is 1.28 bits per heavy atom. The van der Waals surface area contributed by atoms with Gasteiger partial charge in [0.15, 0.2) is 0 Å². The molecule has 2 N–H and O–H groups in total. The predicted molar refractivity (Wildman–Crippen MR) is 78.6 cm³/mol. The van der Waals surface area contributed by atoms with Crippen LogP contribution in [0, 0.1) is 5.92 Å². The maximum Gasteiger partial charge on any atom is 0.0346 e. The number of unbranched alkanes of at least 4 members (excludes halogenated alkanes) is 1. The van der Waals surface area contributed by atoms with Crippen LogP contribution in [0.3, 0.4) is 0 Å². The van der Waals surface area contributed by atoms with Crippen LogP contribution in [0.2, 0.25) is 0 Å². The fraction of sp³-hybridized carbons (Fsp3) is 0.625. The van der Waals surface area contributed by atoms with Crippen molar-refractivity contribution in [2.45, 2.75) is 38.5 Å². The first-order chi connectivity index (χ1) is 8.75. The van der Waals surface area contributed by atoms with Crippen LogP contribution in [0.1, 0.15) is 37.7 Å². The quantitative estimate of drug-likeness (QED) is 0.638. The second-order valence-electron chi connectivity index (χ2n) is 5.72. The van der Waals surface area contributed by atoms with Crippen molar-refractivity contribution in [1.29, 1.82) is 0 Å². The molecule has 18 heavy (non-hydrogen) atoms. The molecule has 1 unspecified atom stereocenters. The molecule has 0 amide bonds. The lowest BCUT2D eigenvalue weighted by Gasteiger charge is -2.29. The molecule has 0 radical (unpaired) electrons. The molecule has 1 fully saturated rings. The molecule has 2 nitrogen and oxygen atoms in total. The molecule has 0 aliphatic carbocycles. The van der Waals surface area contributed by atoms with Gasteiger partial charge in [-0.25, -0.2) is 0 Å². The van der Waals surface area contributed by atoms with E-state index in [4.69, 9.17) is 5.73 Å². The van der Waals surface area contributed by atoms with Crippen molar-refractivity contribution in [3.05, 3.63) is 29.8 Å². The van der Waals surface area contributed by atoms with E-state index in [1.54, 1.807) is 0 Å². The first-order valence-electron chi connectivity index (χ1n) is 7.27. The highest BCUT2D eigenvalue weighted by molar-refractivity contribution is 5.46. The molecule has 1 aliphatic rings. The summed E-state index contributed by atoms with van der Waals surface area (Å²) in [5.41, 5.74) is 8.23. The first kappa shape index (κ1) is 13.4. The Balaban J connectivity index is 1.65. The minimum atomic E-state index is 0.928. The van der Waals surface area contributed by atoms with Crippen LogP contribution in [0.15, 0.2) is 24.3 Å². The Morgan fingerprint density at radius 3 is 2.89 bits per heavy atom. The number of anilines is 1. The standard InChI is InChI=1S/C16H26N2/c1-18-12-6-8-14(13-18)7-2-3-9-15-10-4-5-11-16(15)17/h4-5,10-11,14H,2-3,6-9,12-13,17H2,1H3. The number of piperidine rings is 1. The second kappa shape index (κ2) is 6.79. The SMILES string of the molecule is CN1CCCC(CCCCc2ccccc2N)C1. The molecular weight excluding hydrogens is 220 g/mol. The van der Waals surface area contributed by atoms with Gasteiger partial charge in [-0.1, -0.05) is 24.6 Å². The zero-order valence-corrected chi connectivity index (χ0v) is 11.6. The molecule has 2 heteroatoms. The molecule has 0 spiro atoms. The molecule has 100 valence electrons. The molecule has 1 aromatic carbocycles. The fourth-order valence-corrected chi connectivity index (χ4v) is 3.02. The van der Waals surface area contributed by atoms with Crippen molar-refractivity contribution >= 4 is 5.69 Å². The zero-order valence-electron chi connectivity index (χ0n) is 11.6. The monoisotopic (exact) mass is 246 g/mol. The lowest BCUT2D eigenvalue weighted by atomic mass is 9.92. The second-order valence-corrected chi connectivity index (χ2v) is 5.72. The number of nitrogens with two attached hydrogens (primary N) is 1. The van der Waals surface area contributed by atoms with Crippen LogP contribution in [0.25, 0.3) is 0 Å². The average Bonchev–Trinajstić information content (AvgIpc) is 2.37. The molecule has 1 aromatic rings. The Labute approximate surface area is 111 Å². The van der Waals surface area contributed by atoms with E-state index in [1.807, 2.05) is 12.1 Å². The van der Waals surface area contributed by atoms with Gasteiger partial charge < -0.3 is 10.6 Å². The van der Waals surface area contributed by atoms with Crippen LogP contribution in [-0.4, -0.2) is 25.0 Å². The lowest BCUT2D eigenvalue weighted by Crippen LogP contribution is -2.31. The summed E-state index contributed by atoms with van der Waals surface area (Å²) in [6, 6.07) is 8.26. The fourth-order valence-electron chi connectivity index (χ4n) is 3.02. The Morgan fingerprint density at radius 2 is 2.11 bits per heavy atom. The number of rotatable bonds is 5. The lowest BCUT2D eigenvalue weighted by molar-refractivity contribution is 0.199. The van der Waals surface area contributed by atoms with Gasteiger partial charge in [-0.15, -0.1) is 0 Å². The Kier molecular flexibility index (Phi) is 5.06. The zero-order chi connectivity index (χ0) is 12.8. The smallest absolute Gasteiger partial charge is 0.0346 e. The van der Waals surface area contributed by atoms with Crippen molar-refractivity contribution < 1.29 is 0 Å².